The highest BCUT2D eigenvalue weighted by Crippen LogP contribution is 2.19. The SMILES string of the molecule is CC(C)CC1CSC(=NCc2ccon2)N1. The Hall–Kier alpha value is -0.970. The van der Waals surface area contributed by atoms with Crippen LogP contribution in [0.4, 0.5) is 0 Å². The molecular formula is C11H17N3OS. The van der Waals surface area contributed by atoms with E-state index in [1.165, 1.54) is 6.42 Å². The molecule has 1 atom stereocenters. The second kappa shape index (κ2) is 5.39. The zero-order valence-electron chi connectivity index (χ0n) is 9.64. The zero-order valence-corrected chi connectivity index (χ0v) is 10.5. The van der Waals surface area contributed by atoms with Gasteiger partial charge in [-0.25, -0.2) is 0 Å². The summed E-state index contributed by atoms with van der Waals surface area (Å²) in [7, 11) is 0. The van der Waals surface area contributed by atoms with Crippen molar-refractivity contribution >= 4 is 16.9 Å². The number of thioether (sulfide) groups is 1. The van der Waals surface area contributed by atoms with Crippen molar-refractivity contribution in [2.24, 2.45) is 10.9 Å². The van der Waals surface area contributed by atoms with Gasteiger partial charge >= 0.3 is 0 Å². The molecule has 0 radical (unpaired) electrons. The first kappa shape index (κ1) is 11.5. The van der Waals surface area contributed by atoms with Crippen molar-refractivity contribution in [3.05, 3.63) is 18.0 Å². The van der Waals surface area contributed by atoms with Crippen LogP contribution >= 0.6 is 11.8 Å². The van der Waals surface area contributed by atoms with Crippen LogP contribution in [0.1, 0.15) is 26.0 Å². The van der Waals surface area contributed by atoms with Gasteiger partial charge in [0.05, 0.1) is 6.54 Å². The van der Waals surface area contributed by atoms with Crippen LogP contribution in [0.5, 0.6) is 0 Å². The molecule has 88 valence electrons. The van der Waals surface area contributed by atoms with Gasteiger partial charge in [0.2, 0.25) is 0 Å². The highest BCUT2D eigenvalue weighted by atomic mass is 32.2. The third kappa shape index (κ3) is 3.27. The average molecular weight is 239 g/mol. The van der Waals surface area contributed by atoms with E-state index in [9.17, 15) is 0 Å². The molecule has 2 heterocycles. The Morgan fingerprint density at radius 1 is 1.69 bits per heavy atom. The van der Waals surface area contributed by atoms with Gasteiger partial charge in [-0.05, 0) is 12.3 Å². The maximum absolute atomic E-state index is 4.76. The normalized spacial score (nSPS) is 22.9. The maximum atomic E-state index is 4.76. The summed E-state index contributed by atoms with van der Waals surface area (Å²) in [6.07, 6.45) is 2.78. The lowest BCUT2D eigenvalue weighted by Crippen LogP contribution is -2.28. The summed E-state index contributed by atoms with van der Waals surface area (Å²) >= 11 is 1.79. The van der Waals surface area contributed by atoms with E-state index < -0.39 is 0 Å². The van der Waals surface area contributed by atoms with Crippen LogP contribution in [0, 0.1) is 5.92 Å². The number of rotatable bonds is 4. The predicted molar refractivity (Wildman–Crippen MR) is 66.5 cm³/mol. The van der Waals surface area contributed by atoms with Crippen molar-refractivity contribution < 1.29 is 4.52 Å². The first-order valence-electron chi connectivity index (χ1n) is 5.57. The molecule has 1 unspecified atom stereocenters. The van der Waals surface area contributed by atoms with E-state index >= 15 is 0 Å². The van der Waals surface area contributed by atoms with Crippen LogP contribution in [-0.4, -0.2) is 22.1 Å². The average Bonchev–Trinajstić information content (AvgIpc) is 2.84. The van der Waals surface area contributed by atoms with Crippen molar-refractivity contribution in [1.29, 1.82) is 0 Å². The van der Waals surface area contributed by atoms with Gasteiger partial charge in [-0.15, -0.1) is 0 Å². The fourth-order valence-corrected chi connectivity index (χ4v) is 2.68. The van der Waals surface area contributed by atoms with E-state index in [1.54, 1.807) is 18.0 Å². The highest BCUT2D eigenvalue weighted by Gasteiger charge is 2.20. The number of hydrogen-bond donors (Lipinski definition) is 1. The van der Waals surface area contributed by atoms with Gasteiger partial charge in [-0.1, -0.05) is 30.8 Å². The number of nitrogens with zero attached hydrogens (tertiary/aromatic N) is 2. The van der Waals surface area contributed by atoms with Crippen LogP contribution in [0.3, 0.4) is 0 Å². The minimum absolute atomic E-state index is 0.570. The first-order valence-corrected chi connectivity index (χ1v) is 6.55. The third-order valence-electron chi connectivity index (χ3n) is 2.38. The smallest absolute Gasteiger partial charge is 0.157 e. The van der Waals surface area contributed by atoms with Crippen LogP contribution < -0.4 is 5.32 Å². The molecule has 1 fully saturated rings. The first-order chi connectivity index (χ1) is 7.74. The Labute approximate surface area is 99.9 Å². The molecule has 1 N–H and O–H groups in total. The molecule has 0 amide bonds. The number of amidine groups is 1. The number of nitrogens with one attached hydrogen (secondary N) is 1. The molecule has 0 bridgehead atoms. The molecule has 1 aliphatic heterocycles. The van der Waals surface area contributed by atoms with Gasteiger partial charge in [0.15, 0.2) is 5.17 Å². The van der Waals surface area contributed by atoms with Gasteiger partial charge in [0.25, 0.3) is 0 Å². The van der Waals surface area contributed by atoms with E-state index in [2.05, 4.69) is 29.3 Å². The summed E-state index contributed by atoms with van der Waals surface area (Å²) in [5.41, 5.74) is 0.877. The minimum atomic E-state index is 0.570. The quantitative estimate of drug-likeness (QED) is 0.875. The van der Waals surface area contributed by atoms with Gasteiger partial charge in [0.1, 0.15) is 12.0 Å². The molecule has 1 aliphatic rings. The van der Waals surface area contributed by atoms with Crippen LogP contribution in [0.15, 0.2) is 21.8 Å². The van der Waals surface area contributed by atoms with Crippen LogP contribution in [0.25, 0.3) is 0 Å². The topological polar surface area (TPSA) is 50.4 Å². The van der Waals surface area contributed by atoms with Gasteiger partial charge in [-0.2, -0.15) is 0 Å². The third-order valence-corrected chi connectivity index (χ3v) is 3.47. The van der Waals surface area contributed by atoms with Crippen LogP contribution in [0.2, 0.25) is 0 Å². The van der Waals surface area contributed by atoms with Crippen molar-refractivity contribution in [1.82, 2.24) is 10.5 Å². The van der Waals surface area contributed by atoms with E-state index in [0.717, 1.165) is 22.5 Å². The second-order valence-corrected chi connectivity index (χ2v) is 5.40. The summed E-state index contributed by atoms with van der Waals surface area (Å²) in [5, 5.41) is 8.30. The molecule has 1 aromatic rings. The van der Waals surface area contributed by atoms with Gasteiger partial charge < -0.3 is 9.84 Å². The Balaban J connectivity index is 1.81. The fraction of sp³-hybridized carbons (Fsp3) is 0.636. The maximum Gasteiger partial charge on any atom is 0.157 e. The van der Waals surface area contributed by atoms with E-state index in [1.807, 2.05) is 6.07 Å². The van der Waals surface area contributed by atoms with Gasteiger partial charge in [-0.3, -0.25) is 4.99 Å². The van der Waals surface area contributed by atoms with Gasteiger partial charge in [0, 0.05) is 17.9 Å². The Morgan fingerprint density at radius 2 is 2.56 bits per heavy atom. The molecule has 0 aromatic carbocycles. The molecule has 0 spiro atoms. The predicted octanol–water partition coefficient (Wildman–Crippen LogP) is 2.28. The molecule has 1 saturated heterocycles. The Bertz CT molecular complexity index is 348. The minimum Gasteiger partial charge on any atom is -0.364 e. The molecule has 16 heavy (non-hydrogen) atoms. The number of aliphatic imine (C=N–C) groups is 1. The highest BCUT2D eigenvalue weighted by molar-refractivity contribution is 8.14. The second-order valence-electron chi connectivity index (χ2n) is 4.39. The van der Waals surface area contributed by atoms with E-state index in [-0.39, 0.29) is 0 Å². The van der Waals surface area contributed by atoms with Crippen molar-refractivity contribution in [3.8, 4) is 0 Å². The summed E-state index contributed by atoms with van der Waals surface area (Å²) in [6, 6.07) is 2.41. The van der Waals surface area contributed by atoms with E-state index in [0.29, 0.717) is 12.6 Å². The fourth-order valence-electron chi connectivity index (χ4n) is 1.70. The molecule has 1 aromatic heterocycles. The summed E-state index contributed by atoms with van der Waals surface area (Å²) < 4.78 is 4.76. The zero-order chi connectivity index (χ0) is 11.4. The summed E-state index contributed by atoms with van der Waals surface area (Å²) in [6.45, 7) is 5.09. The largest absolute Gasteiger partial charge is 0.364 e. The lowest BCUT2D eigenvalue weighted by Gasteiger charge is -2.11. The van der Waals surface area contributed by atoms with Crippen LogP contribution in [-0.2, 0) is 6.54 Å². The summed E-state index contributed by atoms with van der Waals surface area (Å²) in [5.74, 6) is 1.85. The molecule has 0 saturated carbocycles. The monoisotopic (exact) mass is 239 g/mol. The molecule has 2 rings (SSSR count). The standard InChI is InChI=1S/C11H17N3OS/c1-8(2)5-10-7-16-11(13-10)12-6-9-3-4-15-14-9/h3-4,8,10H,5-7H2,1-2H3,(H,12,13). The number of aromatic nitrogens is 1. The molecule has 5 heteroatoms. The molecular weight excluding hydrogens is 222 g/mol. The number of hydrogen-bond acceptors (Lipinski definition) is 4. The lowest BCUT2D eigenvalue weighted by atomic mass is 10.1. The Morgan fingerprint density at radius 3 is 3.25 bits per heavy atom. The molecule has 4 nitrogen and oxygen atoms in total. The lowest BCUT2D eigenvalue weighted by molar-refractivity contribution is 0.412. The van der Waals surface area contributed by atoms with Crippen molar-refractivity contribution in [2.75, 3.05) is 5.75 Å². The molecule has 0 aliphatic carbocycles. The Kier molecular flexibility index (Phi) is 3.88. The summed E-state index contributed by atoms with van der Waals surface area (Å²) in [4.78, 5) is 4.47. The van der Waals surface area contributed by atoms with Crippen molar-refractivity contribution in [3.63, 3.8) is 0 Å². The van der Waals surface area contributed by atoms with Crippen molar-refractivity contribution in [2.45, 2.75) is 32.9 Å². The van der Waals surface area contributed by atoms with E-state index in [4.69, 9.17) is 4.52 Å².